The van der Waals surface area contributed by atoms with Gasteiger partial charge < -0.3 is 29.5 Å². The van der Waals surface area contributed by atoms with Gasteiger partial charge in [-0.25, -0.2) is 14.2 Å². The Labute approximate surface area is 246 Å². The fourth-order valence-corrected chi connectivity index (χ4v) is 8.65. The minimum atomic E-state index is -1.00. The number of hydrogen-bond acceptors (Lipinski definition) is 9. The fraction of sp³-hybridized carbons (Fsp3) is 0.500. The summed E-state index contributed by atoms with van der Waals surface area (Å²) >= 11 is 2.91. The Morgan fingerprint density at radius 2 is 1.98 bits per heavy atom. The Hall–Kier alpha value is -3.13. The number of rotatable bonds is 10. The monoisotopic (exact) mass is 603 g/mol. The van der Waals surface area contributed by atoms with Crippen molar-refractivity contribution in [3.63, 3.8) is 0 Å². The lowest BCUT2D eigenvalue weighted by Gasteiger charge is -2.46. The van der Waals surface area contributed by atoms with Crippen LogP contribution >= 0.6 is 23.1 Å². The van der Waals surface area contributed by atoms with Crippen LogP contribution in [0.1, 0.15) is 32.1 Å². The van der Waals surface area contributed by atoms with E-state index in [1.807, 2.05) is 40.8 Å². The Morgan fingerprint density at radius 3 is 2.66 bits per heavy atom. The average Bonchev–Trinajstić information content (AvgIpc) is 3.67. The summed E-state index contributed by atoms with van der Waals surface area (Å²) in [5, 5.41) is 23.7. The number of imidazole rings is 1. The molecular formula is C28H35N4O7S2+. The van der Waals surface area contributed by atoms with Gasteiger partial charge in [-0.3, -0.25) is 4.79 Å². The van der Waals surface area contributed by atoms with Gasteiger partial charge in [-0.05, 0) is 13.3 Å². The second kappa shape index (κ2) is 11.6. The number of aliphatic hydroxyl groups is 2. The summed E-state index contributed by atoms with van der Waals surface area (Å²) in [5.74, 6) is -1.79. The topological polar surface area (TPSA) is 126 Å². The number of hydrogen-bond donors (Lipinski definition) is 2. The Bertz CT molecular complexity index is 1420. The zero-order chi connectivity index (χ0) is 29.6. The van der Waals surface area contributed by atoms with E-state index in [1.54, 1.807) is 6.92 Å². The molecule has 1 unspecified atom stereocenters. The number of ether oxygens (including phenoxy) is 2. The Morgan fingerprint density at radius 1 is 1.27 bits per heavy atom. The molecule has 13 heteroatoms. The number of likely N-dealkylation sites (tertiary alicyclic amines) is 1. The molecule has 0 aromatic carbocycles. The first-order chi connectivity index (χ1) is 19.6. The molecule has 2 N–H and O–H groups in total. The zero-order valence-electron chi connectivity index (χ0n) is 23.2. The van der Waals surface area contributed by atoms with Crippen molar-refractivity contribution in [2.45, 2.75) is 49.8 Å². The lowest BCUT2D eigenvalue weighted by molar-refractivity contribution is -0.508. The van der Waals surface area contributed by atoms with Crippen molar-refractivity contribution in [3.8, 4) is 0 Å². The lowest BCUT2D eigenvalue weighted by atomic mass is 9.79. The highest BCUT2D eigenvalue weighted by atomic mass is 32.2. The molecule has 7 atom stereocenters. The SMILES string of the molecule is C=CCOC(=O)C1=C(S[C@H]2C[C@@H](C(O)c3c4scc[n+]4cn3C)N(C(=O)OCC=C)C2)[C@H](C)[C@@H]2[C@@H]([C@@H](C)O)C(=O)N12. The van der Waals surface area contributed by atoms with Gasteiger partial charge in [0.1, 0.15) is 31.2 Å². The molecule has 0 saturated carbocycles. The first kappa shape index (κ1) is 29.4. The summed E-state index contributed by atoms with van der Waals surface area (Å²) in [4.78, 5) is 43.9. The third kappa shape index (κ3) is 4.98. The van der Waals surface area contributed by atoms with Gasteiger partial charge in [0.15, 0.2) is 5.69 Å². The number of esters is 1. The quantitative estimate of drug-likeness (QED) is 0.183. The minimum absolute atomic E-state index is 0.00628. The van der Waals surface area contributed by atoms with Gasteiger partial charge in [0.25, 0.3) is 0 Å². The highest BCUT2D eigenvalue weighted by Crippen LogP contribution is 2.53. The number of carbonyl (C=O) groups excluding carboxylic acids is 3. The van der Waals surface area contributed by atoms with Crippen LogP contribution < -0.4 is 4.40 Å². The Balaban J connectivity index is 1.46. The maximum atomic E-state index is 13.2. The van der Waals surface area contributed by atoms with E-state index in [-0.39, 0.29) is 48.6 Å². The van der Waals surface area contributed by atoms with E-state index in [1.165, 1.54) is 45.1 Å². The molecule has 5 heterocycles. The first-order valence-electron chi connectivity index (χ1n) is 13.5. The van der Waals surface area contributed by atoms with Crippen LogP contribution in [0.25, 0.3) is 4.83 Å². The first-order valence-corrected chi connectivity index (χ1v) is 15.2. The maximum absolute atomic E-state index is 13.2. The molecule has 3 aliphatic heterocycles. The van der Waals surface area contributed by atoms with E-state index in [0.717, 1.165) is 4.83 Å². The molecule has 11 nitrogen and oxygen atoms in total. The van der Waals surface area contributed by atoms with Gasteiger partial charge in [0.05, 0.1) is 31.2 Å². The van der Waals surface area contributed by atoms with E-state index in [4.69, 9.17) is 9.47 Å². The van der Waals surface area contributed by atoms with Crippen molar-refractivity contribution < 1.29 is 38.5 Å². The molecule has 0 spiro atoms. The Kier molecular flexibility index (Phi) is 8.33. The molecule has 2 fully saturated rings. The number of amides is 2. The molecule has 0 radical (unpaired) electrons. The van der Waals surface area contributed by atoms with Crippen LogP contribution in [0.15, 0.2) is 53.8 Å². The van der Waals surface area contributed by atoms with Gasteiger partial charge in [-0.15, -0.1) is 11.8 Å². The number of aliphatic hydroxyl groups excluding tert-OH is 2. The van der Waals surface area contributed by atoms with Gasteiger partial charge in [-0.2, -0.15) is 4.40 Å². The molecule has 0 aliphatic carbocycles. The molecular weight excluding hydrogens is 568 g/mol. The van der Waals surface area contributed by atoms with Crippen LogP contribution in [0.3, 0.4) is 0 Å². The largest absolute Gasteiger partial charge is 0.457 e. The molecule has 5 rings (SSSR count). The van der Waals surface area contributed by atoms with Crippen LogP contribution in [-0.4, -0.2) is 85.7 Å². The number of fused-ring (bicyclic) bond motifs is 2. The summed E-state index contributed by atoms with van der Waals surface area (Å²) in [6.07, 6.45) is 4.72. The molecule has 2 amide bonds. The van der Waals surface area contributed by atoms with Crippen LogP contribution in [0, 0.1) is 11.8 Å². The van der Waals surface area contributed by atoms with Crippen molar-refractivity contribution in [2.24, 2.45) is 18.9 Å². The number of nitrogens with zero attached hydrogens (tertiary/aromatic N) is 4. The van der Waals surface area contributed by atoms with Crippen molar-refractivity contribution in [1.82, 2.24) is 14.4 Å². The number of thioether (sulfide) groups is 1. The normalized spacial score (nSPS) is 27.0. The van der Waals surface area contributed by atoms with E-state index in [2.05, 4.69) is 13.2 Å². The summed E-state index contributed by atoms with van der Waals surface area (Å²) in [6.45, 7) is 11.0. The number of aromatic nitrogens is 2. The van der Waals surface area contributed by atoms with E-state index in [0.29, 0.717) is 17.0 Å². The molecule has 2 aromatic heterocycles. The summed E-state index contributed by atoms with van der Waals surface area (Å²) in [7, 11) is 1.85. The second-order valence-electron chi connectivity index (χ2n) is 10.6. The van der Waals surface area contributed by atoms with Gasteiger partial charge in [0, 0.05) is 28.0 Å². The van der Waals surface area contributed by atoms with E-state index >= 15 is 0 Å². The fourth-order valence-electron chi connectivity index (χ4n) is 6.18. The summed E-state index contributed by atoms with van der Waals surface area (Å²) in [6, 6.07) is -0.957. The number of carbonyl (C=O) groups is 3. The third-order valence-corrected chi connectivity index (χ3v) is 10.4. The molecule has 3 aliphatic rings. The standard InChI is InChI=1S/C28H35N4O7S2/c1-6-9-38-27(36)22-24(15(3)20-19(16(4)33)25(35)32(20)22)41-17-12-18(31(13-17)28(37)39-10-7-2)23(34)21-26-30(8-11-40-26)14-29(21)5/h6-8,11,14-20,23,33-34H,1-2,9-10,12-13H2,3-5H3/q+1/t15-,16-,17+,18+,19-,20-,23?/m1/s1. The number of aryl methyl sites for hydroxylation is 1. The molecule has 0 bridgehead atoms. The van der Waals surface area contributed by atoms with Gasteiger partial charge in [0.2, 0.25) is 17.1 Å². The number of thiazole rings is 1. The molecule has 220 valence electrons. The summed E-state index contributed by atoms with van der Waals surface area (Å²) in [5.41, 5.74) is 0.869. The predicted molar refractivity (Wildman–Crippen MR) is 153 cm³/mol. The highest BCUT2D eigenvalue weighted by Gasteiger charge is 2.60. The zero-order valence-corrected chi connectivity index (χ0v) is 24.8. The predicted octanol–water partition coefficient (Wildman–Crippen LogP) is 2.16. The smallest absolute Gasteiger partial charge is 0.410 e. The van der Waals surface area contributed by atoms with Crippen LogP contribution in [0.2, 0.25) is 0 Å². The van der Waals surface area contributed by atoms with Gasteiger partial charge >= 0.3 is 12.1 Å². The number of β-lactam (4-membered cyclic amide) rings is 1. The van der Waals surface area contributed by atoms with E-state index < -0.39 is 36.2 Å². The lowest BCUT2D eigenvalue weighted by Crippen LogP contribution is -2.63. The van der Waals surface area contributed by atoms with Crippen molar-refractivity contribution >= 4 is 45.9 Å². The van der Waals surface area contributed by atoms with Crippen LogP contribution in [0.4, 0.5) is 4.79 Å². The van der Waals surface area contributed by atoms with Crippen LogP contribution in [0.5, 0.6) is 0 Å². The highest BCUT2D eigenvalue weighted by molar-refractivity contribution is 8.03. The summed E-state index contributed by atoms with van der Waals surface area (Å²) < 4.78 is 14.5. The second-order valence-corrected chi connectivity index (χ2v) is 12.8. The molecule has 41 heavy (non-hydrogen) atoms. The van der Waals surface area contributed by atoms with Crippen LogP contribution in [-0.2, 0) is 26.1 Å². The minimum Gasteiger partial charge on any atom is -0.457 e. The van der Waals surface area contributed by atoms with Crippen molar-refractivity contribution in [1.29, 1.82) is 0 Å². The van der Waals surface area contributed by atoms with Crippen molar-refractivity contribution in [2.75, 3.05) is 19.8 Å². The third-order valence-electron chi connectivity index (χ3n) is 7.97. The molecule has 2 aromatic rings. The average molecular weight is 604 g/mol. The van der Waals surface area contributed by atoms with Gasteiger partial charge in [-0.1, -0.05) is 43.6 Å². The maximum Gasteiger partial charge on any atom is 0.410 e. The van der Waals surface area contributed by atoms with E-state index in [9.17, 15) is 24.6 Å². The molecule has 2 saturated heterocycles. The van der Waals surface area contributed by atoms with Crippen molar-refractivity contribution in [3.05, 3.63) is 59.5 Å².